The first-order valence-electron chi connectivity index (χ1n) is 5.33. The maximum Gasteiger partial charge on any atom is 0.422 e. The second-order valence-corrected chi connectivity index (χ2v) is 5.85. The van der Waals surface area contributed by atoms with Gasteiger partial charge in [0.1, 0.15) is 5.60 Å². The van der Waals surface area contributed by atoms with Crippen LogP contribution >= 0.6 is 0 Å². The predicted molar refractivity (Wildman–Crippen MR) is 73.3 cm³/mol. The van der Waals surface area contributed by atoms with Gasteiger partial charge in [0.25, 0.3) is 0 Å². The summed E-state index contributed by atoms with van der Waals surface area (Å²) >= 11 is 0. The summed E-state index contributed by atoms with van der Waals surface area (Å²) in [6, 6.07) is 9.49. The quantitative estimate of drug-likeness (QED) is 0.665. The van der Waals surface area contributed by atoms with E-state index in [0.717, 1.165) is 5.69 Å². The van der Waals surface area contributed by atoms with Crippen LogP contribution in [0.25, 0.3) is 0 Å². The van der Waals surface area contributed by atoms with Crippen molar-refractivity contribution in [2.45, 2.75) is 26.4 Å². The first-order valence-corrected chi connectivity index (χ1v) is 6.88. The number of nitrogens with two attached hydrogens (primary N) is 2. The molecule has 0 spiro atoms. The summed E-state index contributed by atoms with van der Waals surface area (Å²) in [4.78, 5) is 10.7. The number of nitrogens with one attached hydrogen (secondary N) is 1. The van der Waals surface area contributed by atoms with Gasteiger partial charge in [-0.2, -0.15) is 8.42 Å². The Morgan fingerprint density at radius 3 is 1.95 bits per heavy atom. The fourth-order valence-corrected chi connectivity index (χ4v) is 1.14. The van der Waals surface area contributed by atoms with Crippen LogP contribution < -0.4 is 15.6 Å². The zero-order valence-electron chi connectivity index (χ0n) is 11.1. The van der Waals surface area contributed by atoms with E-state index >= 15 is 0 Å². The standard InChI is InChI=1S/C6H7N.C5H12N2O4S/c7-6-4-2-1-3-5-6;1-5(2,3)11-4(8)7-12(6,9)10/h1-5H,7H2;1-3H3,(H,7,8)(H2,6,9,10). The van der Waals surface area contributed by atoms with Gasteiger partial charge < -0.3 is 10.5 Å². The molecule has 0 aromatic heterocycles. The highest BCUT2D eigenvalue weighted by Gasteiger charge is 2.18. The summed E-state index contributed by atoms with van der Waals surface area (Å²) in [6.07, 6.45) is -1.08. The molecule has 1 aromatic carbocycles. The second kappa shape index (κ2) is 6.95. The Labute approximate surface area is 113 Å². The summed E-state index contributed by atoms with van der Waals surface area (Å²) in [6.45, 7) is 4.82. The summed E-state index contributed by atoms with van der Waals surface area (Å²) in [5.41, 5.74) is 5.44. The van der Waals surface area contributed by atoms with Crippen LogP contribution in [0.5, 0.6) is 0 Å². The molecule has 5 N–H and O–H groups in total. The molecular formula is C11H19N3O4S. The Bertz CT molecular complexity index is 494. The molecule has 0 aliphatic carbocycles. The van der Waals surface area contributed by atoms with Gasteiger partial charge in [-0.15, -0.1) is 0 Å². The molecule has 8 heteroatoms. The average Bonchev–Trinajstić information content (AvgIpc) is 2.13. The zero-order chi connectivity index (χ0) is 15.1. The van der Waals surface area contributed by atoms with E-state index in [4.69, 9.17) is 5.73 Å². The molecule has 0 unspecified atom stereocenters. The highest BCUT2D eigenvalue weighted by Crippen LogP contribution is 2.06. The highest BCUT2D eigenvalue weighted by atomic mass is 32.2. The minimum Gasteiger partial charge on any atom is -0.443 e. The predicted octanol–water partition coefficient (Wildman–Crippen LogP) is 0.983. The molecule has 0 atom stereocenters. The molecule has 0 radical (unpaired) electrons. The van der Waals surface area contributed by atoms with Crippen molar-refractivity contribution < 1.29 is 17.9 Å². The number of anilines is 1. The van der Waals surface area contributed by atoms with Gasteiger partial charge in [0, 0.05) is 5.69 Å². The van der Waals surface area contributed by atoms with Crippen LogP contribution in [0, 0.1) is 0 Å². The van der Waals surface area contributed by atoms with Gasteiger partial charge in [0.05, 0.1) is 0 Å². The van der Waals surface area contributed by atoms with Gasteiger partial charge in [-0.1, -0.05) is 18.2 Å². The lowest BCUT2D eigenvalue weighted by Crippen LogP contribution is -2.39. The molecule has 19 heavy (non-hydrogen) atoms. The minimum absolute atomic E-state index is 0.741. The summed E-state index contributed by atoms with van der Waals surface area (Å²) < 4.78 is 26.7. The lowest BCUT2D eigenvalue weighted by Gasteiger charge is -2.18. The van der Waals surface area contributed by atoms with E-state index in [-0.39, 0.29) is 0 Å². The first kappa shape index (κ1) is 17.2. The smallest absolute Gasteiger partial charge is 0.422 e. The first-order chi connectivity index (χ1) is 8.49. The van der Waals surface area contributed by atoms with Crippen LogP contribution in [0.15, 0.2) is 30.3 Å². The summed E-state index contributed by atoms with van der Waals surface area (Å²) in [5, 5.41) is 4.52. The normalized spacial score (nSPS) is 10.9. The van der Waals surface area contributed by atoms with Crippen molar-refractivity contribution in [3.63, 3.8) is 0 Å². The Balaban J connectivity index is 0.000000388. The van der Waals surface area contributed by atoms with Gasteiger partial charge in [0.15, 0.2) is 0 Å². The van der Waals surface area contributed by atoms with Crippen molar-refractivity contribution in [1.29, 1.82) is 0 Å². The highest BCUT2D eigenvalue weighted by molar-refractivity contribution is 7.87. The van der Waals surface area contributed by atoms with Crippen LogP contribution in [0.3, 0.4) is 0 Å². The number of para-hydroxylation sites is 1. The van der Waals surface area contributed by atoms with Crippen molar-refractivity contribution in [3.8, 4) is 0 Å². The molecule has 7 nitrogen and oxygen atoms in total. The lowest BCUT2D eigenvalue weighted by atomic mass is 10.2. The molecule has 0 saturated carbocycles. The maximum absolute atomic E-state index is 10.7. The third-order valence-electron chi connectivity index (χ3n) is 1.42. The monoisotopic (exact) mass is 289 g/mol. The molecule has 0 aliphatic heterocycles. The van der Waals surface area contributed by atoms with E-state index in [1.54, 1.807) is 20.8 Å². The van der Waals surface area contributed by atoms with Crippen molar-refractivity contribution in [2.24, 2.45) is 5.14 Å². The minimum atomic E-state index is -4.02. The second-order valence-electron chi connectivity index (χ2n) is 4.56. The van der Waals surface area contributed by atoms with E-state index in [1.165, 1.54) is 4.72 Å². The number of amides is 1. The van der Waals surface area contributed by atoms with Crippen LogP contribution in [0.1, 0.15) is 20.8 Å². The van der Waals surface area contributed by atoms with Crippen molar-refractivity contribution in [1.82, 2.24) is 4.72 Å². The number of nitrogen functional groups attached to an aromatic ring is 1. The number of hydrogen-bond acceptors (Lipinski definition) is 5. The summed E-state index contributed by atoms with van der Waals surface area (Å²) in [7, 11) is -4.02. The average molecular weight is 289 g/mol. The molecule has 1 amide bonds. The molecule has 108 valence electrons. The Morgan fingerprint density at radius 1 is 1.21 bits per heavy atom. The molecule has 0 bridgehead atoms. The number of rotatable bonds is 1. The zero-order valence-corrected chi connectivity index (χ0v) is 11.9. The SMILES string of the molecule is CC(C)(C)OC(=O)NS(N)(=O)=O.Nc1ccccc1. The summed E-state index contributed by atoms with van der Waals surface area (Å²) in [5.74, 6) is 0. The van der Waals surface area contributed by atoms with E-state index < -0.39 is 21.9 Å². The van der Waals surface area contributed by atoms with E-state index in [0.29, 0.717) is 0 Å². The van der Waals surface area contributed by atoms with E-state index in [2.05, 4.69) is 9.88 Å². The van der Waals surface area contributed by atoms with Gasteiger partial charge in [-0.3, -0.25) is 0 Å². The molecule has 0 heterocycles. The third kappa shape index (κ3) is 12.4. The lowest BCUT2D eigenvalue weighted by molar-refractivity contribution is 0.0570. The van der Waals surface area contributed by atoms with E-state index in [1.807, 2.05) is 30.3 Å². The van der Waals surface area contributed by atoms with Gasteiger partial charge >= 0.3 is 16.3 Å². The number of carbonyl (C=O) groups is 1. The largest absolute Gasteiger partial charge is 0.443 e. The molecule has 0 fully saturated rings. The molecule has 1 rings (SSSR count). The number of benzene rings is 1. The fraction of sp³-hybridized carbons (Fsp3) is 0.364. The van der Waals surface area contributed by atoms with E-state index in [9.17, 15) is 13.2 Å². The van der Waals surface area contributed by atoms with Crippen LogP contribution in [-0.2, 0) is 14.9 Å². The van der Waals surface area contributed by atoms with Gasteiger partial charge in [-0.05, 0) is 32.9 Å². The fourth-order valence-electron chi connectivity index (χ4n) is 0.868. The topological polar surface area (TPSA) is 125 Å². The third-order valence-corrected chi connectivity index (χ3v) is 1.88. The van der Waals surface area contributed by atoms with Crippen LogP contribution in [-0.4, -0.2) is 20.1 Å². The van der Waals surface area contributed by atoms with Gasteiger partial charge in [0.2, 0.25) is 0 Å². The number of carbonyl (C=O) groups excluding carboxylic acids is 1. The van der Waals surface area contributed by atoms with Crippen LogP contribution in [0.2, 0.25) is 0 Å². The molecule has 0 saturated heterocycles. The van der Waals surface area contributed by atoms with Gasteiger partial charge in [-0.25, -0.2) is 14.7 Å². The number of ether oxygens (including phenoxy) is 1. The van der Waals surface area contributed by atoms with Crippen molar-refractivity contribution >= 4 is 22.0 Å². The van der Waals surface area contributed by atoms with Crippen molar-refractivity contribution in [2.75, 3.05) is 5.73 Å². The Kier molecular flexibility index (Phi) is 6.30. The van der Waals surface area contributed by atoms with Crippen LogP contribution in [0.4, 0.5) is 10.5 Å². The maximum atomic E-state index is 10.7. The molecule has 0 aliphatic rings. The molecule has 1 aromatic rings. The van der Waals surface area contributed by atoms with Crippen molar-refractivity contribution in [3.05, 3.63) is 30.3 Å². The molecular weight excluding hydrogens is 270 g/mol. The Hall–Kier alpha value is -1.80. The Morgan fingerprint density at radius 2 is 1.68 bits per heavy atom. The number of hydrogen-bond donors (Lipinski definition) is 3.